The average molecular weight is 382 g/mol. The molecular formula is C23H27FN2O2. The van der Waals surface area contributed by atoms with Gasteiger partial charge in [0.05, 0.1) is 12.0 Å². The molecule has 148 valence electrons. The highest BCUT2D eigenvalue weighted by Crippen LogP contribution is 2.25. The fourth-order valence-electron chi connectivity index (χ4n) is 3.69. The first-order valence-corrected chi connectivity index (χ1v) is 9.75. The monoisotopic (exact) mass is 382 g/mol. The van der Waals surface area contributed by atoms with Crippen LogP contribution in [0.15, 0.2) is 48.5 Å². The Balaban J connectivity index is 1.67. The van der Waals surface area contributed by atoms with Gasteiger partial charge in [-0.25, -0.2) is 4.39 Å². The van der Waals surface area contributed by atoms with Crippen LogP contribution in [0.5, 0.6) is 0 Å². The topological polar surface area (TPSA) is 40.6 Å². The molecule has 0 saturated carbocycles. The van der Waals surface area contributed by atoms with Crippen LogP contribution >= 0.6 is 0 Å². The number of hydrogen-bond acceptors (Lipinski definition) is 2. The van der Waals surface area contributed by atoms with E-state index in [0.717, 1.165) is 24.0 Å². The van der Waals surface area contributed by atoms with E-state index in [0.29, 0.717) is 18.7 Å². The van der Waals surface area contributed by atoms with Crippen molar-refractivity contribution in [3.63, 3.8) is 0 Å². The van der Waals surface area contributed by atoms with Gasteiger partial charge in [-0.1, -0.05) is 29.8 Å². The molecule has 1 fully saturated rings. The third kappa shape index (κ3) is 4.41. The van der Waals surface area contributed by atoms with Crippen LogP contribution in [-0.2, 0) is 4.79 Å². The lowest BCUT2D eigenvalue weighted by Gasteiger charge is -2.36. The maximum Gasteiger partial charge on any atom is 0.253 e. The molecule has 4 nitrogen and oxygen atoms in total. The van der Waals surface area contributed by atoms with E-state index >= 15 is 0 Å². The van der Waals surface area contributed by atoms with Crippen LogP contribution in [0, 0.1) is 18.7 Å². The summed E-state index contributed by atoms with van der Waals surface area (Å²) in [5, 5.41) is 0. The van der Waals surface area contributed by atoms with Gasteiger partial charge in [0.2, 0.25) is 5.91 Å². The Morgan fingerprint density at radius 2 is 1.75 bits per heavy atom. The van der Waals surface area contributed by atoms with Gasteiger partial charge in [-0.2, -0.15) is 0 Å². The number of amides is 2. The number of hydrogen-bond donors (Lipinski definition) is 0. The zero-order chi connectivity index (χ0) is 20.3. The number of benzene rings is 2. The summed E-state index contributed by atoms with van der Waals surface area (Å²) in [4.78, 5) is 29.3. The smallest absolute Gasteiger partial charge is 0.253 e. The Labute approximate surface area is 166 Å². The zero-order valence-electron chi connectivity index (χ0n) is 16.7. The molecule has 3 rings (SSSR count). The first-order valence-electron chi connectivity index (χ1n) is 9.75. The van der Waals surface area contributed by atoms with Gasteiger partial charge in [0, 0.05) is 25.7 Å². The van der Waals surface area contributed by atoms with Crippen molar-refractivity contribution in [3.05, 3.63) is 71.0 Å². The average Bonchev–Trinajstić information content (AvgIpc) is 2.73. The minimum absolute atomic E-state index is 0.0215. The number of nitrogens with zero attached hydrogens (tertiary/aromatic N) is 2. The summed E-state index contributed by atoms with van der Waals surface area (Å²) in [5.41, 5.74) is 2.66. The molecule has 0 aliphatic carbocycles. The standard InChI is InChI=1S/C23H27FN2O2/c1-16-6-8-19(9-7-16)23(28)26-14-4-5-20(15-26)22(27)25(3)17(2)18-10-12-21(24)13-11-18/h6-13,17,20H,4-5,14-15H2,1-3H3. The molecule has 2 amide bonds. The minimum Gasteiger partial charge on any atom is -0.339 e. The van der Waals surface area contributed by atoms with Crippen molar-refractivity contribution in [1.82, 2.24) is 9.80 Å². The Morgan fingerprint density at radius 1 is 1.11 bits per heavy atom. The molecule has 0 radical (unpaired) electrons. The molecule has 2 unspecified atom stereocenters. The van der Waals surface area contributed by atoms with Gasteiger partial charge >= 0.3 is 0 Å². The highest BCUT2D eigenvalue weighted by atomic mass is 19.1. The normalized spacial score (nSPS) is 17.9. The first-order chi connectivity index (χ1) is 13.4. The van der Waals surface area contributed by atoms with Gasteiger partial charge in [-0.05, 0) is 56.5 Å². The van der Waals surface area contributed by atoms with E-state index in [1.54, 1.807) is 29.0 Å². The molecule has 1 aliphatic rings. The number of carbonyl (C=O) groups is 2. The van der Waals surface area contributed by atoms with Crippen molar-refractivity contribution >= 4 is 11.8 Å². The van der Waals surface area contributed by atoms with Gasteiger partial charge < -0.3 is 9.80 Å². The highest BCUT2D eigenvalue weighted by molar-refractivity contribution is 5.94. The Hall–Kier alpha value is -2.69. The number of aryl methyl sites for hydroxylation is 1. The molecule has 1 heterocycles. The fraction of sp³-hybridized carbons (Fsp3) is 0.391. The maximum atomic E-state index is 13.2. The lowest BCUT2D eigenvalue weighted by molar-refractivity contribution is -0.137. The second kappa shape index (κ2) is 8.55. The lowest BCUT2D eigenvalue weighted by Crippen LogP contribution is -2.46. The van der Waals surface area contributed by atoms with Crippen molar-refractivity contribution < 1.29 is 14.0 Å². The fourth-order valence-corrected chi connectivity index (χ4v) is 3.69. The summed E-state index contributed by atoms with van der Waals surface area (Å²) in [5.74, 6) is -0.497. The van der Waals surface area contributed by atoms with Crippen LogP contribution in [0.1, 0.15) is 47.3 Å². The van der Waals surface area contributed by atoms with E-state index < -0.39 is 0 Å². The second-order valence-electron chi connectivity index (χ2n) is 7.63. The van der Waals surface area contributed by atoms with E-state index in [1.165, 1.54) is 12.1 Å². The lowest BCUT2D eigenvalue weighted by atomic mass is 9.94. The van der Waals surface area contributed by atoms with Gasteiger partial charge in [0.1, 0.15) is 5.82 Å². The Bertz CT molecular complexity index is 833. The van der Waals surface area contributed by atoms with E-state index in [1.807, 2.05) is 38.1 Å². The Kier molecular flexibility index (Phi) is 6.12. The SMILES string of the molecule is Cc1ccc(C(=O)N2CCCC(C(=O)N(C)C(C)c3ccc(F)cc3)C2)cc1. The number of carbonyl (C=O) groups excluding carboxylic acids is 2. The van der Waals surface area contributed by atoms with Crippen LogP contribution in [-0.4, -0.2) is 41.8 Å². The largest absolute Gasteiger partial charge is 0.339 e. The van der Waals surface area contributed by atoms with Crippen molar-refractivity contribution in [2.24, 2.45) is 5.92 Å². The zero-order valence-corrected chi connectivity index (χ0v) is 16.7. The Morgan fingerprint density at radius 3 is 2.39 bits per heavy atom. The molecule has 0 bridgehead atoms. The van der Waals surface area contributed by atoms with E-state index in [9.17, 15) is 14.0 Å². The summed E-state index contributed by atoms with van der Waals surface area (Å²) in [6.07, 6.45) is 1.59. The molecule has 1 aliphatic heterocycles. The molecule has 2 aromatic carbocycles. The maximum absolute atomic E-state index is 13.2. The third-order valence-electron chi connectivity index (χ3n) is 5.64. The first kappa shape index (κ1) is 20.1. The number of rotatable bonds is 4. The van der Waals surface area contributed by atoms with Crippen molar-refractivity contribution in [3.8, 4) is 0 Å². The molecule has 1 saturated heterocycles. The summed E-state index contributed by atoms with van der Waals surface area (Å²) in [7, 11) is 1.77. The molecule has 2 aromatic rings. The predicted molar refractivity (Wildman–Crippen MR) is 107 cm³/mol. The van der Waals surface area contributed by atoms with E-state index in [-0.39, 0.29) is 29.6 Å². The molecule has 0 N–H and O–H groups in total. The van der Waals surface area contributed by atoms with Crippen molar-refractivity contribution in [2.75, 3.05) is 20.1 Å². The molecule has 0 aromatic heterocycles. The van der Waals surface area contributed by atoms with Gasteiger partial charge in [-0.15, -0.1) is 0 Å². The van der Waals surface area contributed by atoms with E-state index in [2.05, 4.69) is 0 Å². The van der Waals surface area contributed by atoms with Crippen molar-refractivity contribution in [1.29, 1.82) is 0 Å². The molecule has 2 atom stereocenters. The van der Waals surface area contributed by atoms with E-state index in [4.69, 9.17) is 0 Å². The summed E-state index contributed by atoms with van der Waals surface area (Å²) in [6.45, 7) is 5.03. The molecule has 28 heavy (non-hydrogen) atoms. The van der Waals surface area contributed by atoms with Crippen LogP contribution in [0.25, 0.3) is 0 Å². The van der Waals surface area contributed by atoms with Crippen molar-refractivity contribution in [2.45, 2.75) is 32.7 Å². The van der Waals surface area contributed by atoms with Crippen LogP contribution in [0.4, 0.5) is 4.39 Å². The predicted octanol–water partition coefficient (Wildman–Crippen LogP) is 4.21. The van der Waals surface area contributed by atoms with Crippen LogP contribution in [0.3, 0.4) is 0 Å². The molecule has 0 spiro atoms. The minimum atomic E-state index is -0.289. The summed E-state index contributed by atoms with van der Waals surface area (Å²) >= 11 is 0. The number of piperidine rings is 1. The summed E-state index contributed by atoms with van der Waals surface area (Å²) in [6, 6.07) is 13.6. The summed E-state index contributed by atoms with van der Waals surface area (Å²) < 4.78 is 13.2. The molecular weight excluding hydrogens is 355 g/mol. The number of likely N-dealkylation sites (tertiary alicyclic amines) is 1. The second-order valence-corrected chi connectivity index (χ2v) is 7.63. The van der Waals surface area contributed by atoms with Crippen LogP contribution < -0.4 is 0 Å². The van der Waals surface area contributed by atoms with Gasteiger partial charge in [0.15, 0.2) is 0 Å². The number of halogens is 1. The third-order valence-corrected chi connectivity index (χ3v) is 5.64. The van der Waals surface area contributed by atoms with Gasteiger partial charge in [-0.3, -0.25) is 9.59 Å². The van der Waals surface area contributed by atoms with Crippen LogP contribution in [0.2, 0.25) is 0 Å². The van der Waals surface area contributed by atoms with Gasteiger partial charge in [0.25, 0.3) is 5.91 Å². The highest BCUT2D eigenvalue weighted by Gasteiger charge is 2.32. The molecule has 5 heteroatoms. The quantitative estimate of drug-likeness (QED) is 0.795.